The summed E-state index contributed by atoms with van der Waals surface area (Å²) in [7, 11) is 1.92. The molecule has 96 valence electrons. The van der Waals surface area contributed by atoms with Gasteiger partial charge in [-0.05, 0) is 24.3 Å². The first-order valence-corrected chi connectivity index (χ1v) is 6.30. The third-order valence-electron chi connectivity index (χ3n) is 2.85. The van der Waals surface area contributed by atoms with Crippen LogP contribution in [0.3, 0.4) is 0 Å². The molecule has 0 aromatic heterocycles. The summed E-state index contributed by atoms with van der Waals surface area (Å²) in [4.78, 5) is 11.9. The van der Waals surface area contributed by atoms with Gasteiger partial charge in [0.05, 0.1) is 0 Å². The van der Waals surface area contributed by atoms with Crippen LogP contribution < -0.4 is 5.32 Å². The summed E-state index contributed by atoms with van der Waals surface area (Å²) in [6.45, 7) is 0.854. The van der Waals surface area contributed by atoms with Crippen molar-refractivity contribution in [1.82, 2.24) is 5.32 Å². The highest BCUT2D eigenvalue weighted by molar-refractivity contribution is 6.06. The monoisotopic (exact) mass is 251 g/mol. The van der Waals surface area contributed by atoms with E-state index >= 15 is 0 Å². The van der Waals surface area contributed by atoms with Crippen molar-refractivity contribution >= 4 is 11.9 Å². The van der Waals surface area contributed by atoms with Crippen LogP contribution in [0.4, 0.5) is 0 Å². The lowest BCUT2D eigenvalue weighted by Gasteiger charge is -2.00. The first-order valence-electron chi connectivity index (χ1n) is 6.30. The largest absolute Gasteiger partial charge is 0.316 e. The highest BCUT2D eigenvalue weighted by atomic mass is 16.1. The molecule has 1 N–H and O–H groups in total. The second-order valence-electron chi connectivity index (χ2n) is 4.34. The maximum atomic E-state index is 11.9. The molecule has 0 saturated carbocycles. The van der Waals surface area contributed by atoms with Gasteiger partial charge in [0.1, 0.15) is 0 Å². The lowest BCUT2D eigenvalue weighted by molar-refractivity contribution is 0.104. The lowest BCUT2D eigenvalue weighted by Crippen LogP contribution is -2.04. The van der Waals surface area contributed by atoms with E-state index in [4.69, 9.17) is 0 Å². The molecule has 0 unspecified atom stereocenters. The van der Waals surface area contributed by atoms with Gasteiger partial charge in [0, 0.05) is 12.1 Å². The first kappa shape index (κ1) is 13.2. The number of carbonyl (C=O) groups is 1. The molecule has 2 aromatic carbocycles. The van der Waals surface area contributed by atoms with Crippen LogP contribution in [0.2, 0.25) is 0 Å². The van der Waals surface area contributed by atoms with E-state index in [1.54, 1.807) is 6.08 Å². The van der Waals surface area contributed by atoms with Gasteiger partial charge in [0.25, 0.3) is 0 Å². The van der Waals surface area contributed by atoms with Gasteiger partial charge in [-0.1, -0.05) is 60.7 Å². The average Bonchev–Trinajstić information content (AvgIpc) is 2.47. The molecule has 2 heteroatoms. The minimum Gasteiger partial charge on any atom is -0.316 e. The fourth-order valence-electron chi connectivity index (χ4n) is 1.82. The van der Waals surface area contributed by atoms with E-state index in [0.717, 1.165) is 12.1 Å². The van der Waals surface area contributed by atoms with E-state index in [9.17, 15) is 4.79 Å². The Kier molecular flexibility index (Phi) is 4.65. The second-order valence-corrected chi connectivity index (χ2v) is 4.34. The van der Waals surface area contributed by atoms with Crippen molar-refractivity contribution < 1.29 is 4.79 Å². The van der Waals surface area contributed by atoms with Crippen molar-refractivity contribution in [3.63, 3.8) is 0 Å². The third kappa shape index (κ3) is 3.90. The number of carbonyl (C=O) groups excluding carboxylic acids is 1. The van der Waals surface area contributed by atoms with Crippen molar-refractivity contribution in [3.8, 4) is 0 Å². The van der Waals surface area contributed by atoms with Crippen LogP contribution in [0.5, 0.6) is 0 Å². The maximum absolute atomic E-state index is 11.9. The molecule has 2 rings (SSSR count). The van der Waals surface area contributed by atoms with Gasteiger partial charge in [0.15, 0.2) is 5.78 Å². The Morgan fingerprint density at radius 3 is 2.37 bits per heavy atom. The summed E-state index contributed by atoms with van der Waals surface area (Å²) in [6, 6.07) is 17.4. The highest BCUT2D eigenvalue weighted by Gasteiger charge is 1.99. The standard InChI is InChI=1S/C17H17NO/c1-18-13-15-9-7-14(8-10-15)11-12-17(19)16-5-3-2-4-6-16/h2-12,18H,13H2,1H3. The Bertz CT molecular complexity index is 556. The molecular formula is C17H17NO. The Morgan fingerprint density at radius 1 is 1.05 bits per heavy atom. The normalized spacial score (nSPS) is 10.8. The third-order valence-corrected chi connectivity index (χ3v) is 2.85. The number of nitrogens with one attached hydrogen (secondary N) is 1. The molecule has 19 heavy (non-hydrogen) atoms. The number of rotatable bonds is 5. The molecule has 0 amide bonds. The predicted molar refractivity (Wildman–Crippen MR) is 79.0 cm³/mol. The molecular weight excluding hydrogens is 234 g/mol. The van der Waals surface area contributed by atoms with Gasteiger partial charge in [0.2, 0.25) is 0 Å². The second kappa shape index (κ2) is 6.66. The minimum absolute atomic E-state index is 0.0277. The van der Waals surface area contributed by atoms with Gasteiger partial charge < -0.3 is 5.32 Å². The fraction of sp³-hybridized carbons (Fsp3) is 0.118. The Labute approximate surface area is 113 Å². The van der Waals surface area contributed by atoms with Gasteiger partial charge >= 0.3 is 0 Å². The fourth-order valence-corrected chi connectivity index (χ4v) is 1.82. The summed E-state index contributed by atoms with van der Waals surface area (Å²) >= 11 is 0. The van der Waals surface area contributed by atoms with Crippen LogP contribution >= 0.6 is 0 Å². The Balaban J connectivity index is 2.04. The quantitative estimate of drug-likeness (QED) is 0.652. The summed E-state index contributed by atoms with van der Waals surface area (Å²) in [5.74, 6) is 0.0277. The Hall–Kier alpha value is -2.19. The van der Waals surface area contributed by atoms with Crippen molar-refractivity contribution in [3.05, 3.63) is 77.4 Å². The van der Waals surface area contributed by atoms with Gasteiger partial charge in [-0.2, -0.15) is 0 Å². The molecule has 0 fully saturated rings. The Morgan fingerprint density at radius 2 is 1.74 bits per heavy atom. The zero-order valence-electron chi connectivity index (χ0n) is 11.0. The molecule has 2 nitrogen and oxygen atoms in total. The molecule has 0 aliphatic rings. The van der Waals surface area contributed by atoms with E-state index in [-0.39, 0.29) is 5.78 Å². The van der Waals surface area contributed by atoms with Crippen LogP contribution in [0.15, 0.2) is 60.7 Å². The average molecular weight is 251 g/mol. The maximum Gasteiger partial charge on any atom is 0.185 e. The number of hydrogen-bond acceptors (Lipinski definition) is 2. The molecule has 2 aromatic rings. The van der Waals surface area contributed by atoms with Crippen LogP contribution in [-0.4, -0.2) is 12.8 Å². The summed E-state index contributed by atoms with van der Waals surface area (Å²) < 4.78 is 0. The lowest BCUT2D eigenvalue weighted by atomic mass is 10.1. The van der Waals surface area contributed by atoms with Crippen LogP contribution in [0, 0.1) is 0 Å². The molecule has 0 bridgehead atoms. The number of benzene rings is 2. The van der Waals surface area contributed by atoms with Gasteiger partial charge in [-0.25, -0.2) is 0 Å². The van der Waals surface area contributed by atoms with E-state index in [1.807, 2.05) is 55.6 Å². The van der Waals surface area contributed by atoms with E-state index in [2.05, 4.69) is 17.4 Å². The van der Waals surface area contributed by atoms with E-state index in [1.165, 1.54) is 5.56 Å². The van der Waals surface area contributed by atoms with E-state index in [0.29, 0.717) is 5.56 Å². The zero-order valence-corrected chi connectivity index (χ0v) is 11.0. The smallest absolute Gasteiger partial charge is 0.185 e. The van der Waals surface area contributed by atoms with E-state index < -0.39 is 0 Å². The van der Waals surface area contributed by atoms with Crippen LogP contribution in [0.25, 0.3) is 6.08 Å². The summed E-state index contributed by atoms with van der Waals surface area (Å²) in [6.07, 6.45) is 3.46. The van der Waals surface area contributed by atoms with Crippen molar-refractivity contribution in [1.29, 1.82) is 0 Å². The molecule has 0 atom stereocenters. The predicted octanol–water partition coefficient (Wildman–Crippen LogP) is 3.30. The van der Waals surface area contributed by atoms with Crippen molar-refractivity contribution in [2.24, 2.45) is 0 Å². The van der Waals surface area contributed by atoms with Crippen LogP contribution in [-0.2, 0) is 6.54 Å². The van der Waals surface area contributed by atoms with Crippen LogP contribution in [0.1, 0.15) is 21.5 Å². The molecule has 0 saturated heterocycles. The molecule has 0 aliphatic heterocycles. The first-order chi connectivity index (χ1) is 9.29. The number of allylic oxidation sites excluding steroid dienone is 1. The van der Waals surface area contributed by atoms with Crippen molar-refractivity contribution in [2.75, 3.05) is 7.05 Å². The topological polar surface area (TPSA) is 29.1 Å². The summed E-state index contributed by atoms with van der Waals surface area (Å²) in [5.41, 5.74) is 2.98. The number of hydrogen-bond donors (Lipinski definition) is 1. The summed E-state index contributed by atoms with van der Waals surface area (Å²) in [5, 5.41) is 3.10. The van der Waals surface area contributed by atoms with Crippen molar-refractivity contribution in [2.45, 2.75) is 6.54 Å². The minimum atomic E-state index is 0.0277. The SMILES string of the molecule is CNCc1ccc(C=CC(=O)c2ccccc2)cc1. The molecule has 0 aliphatic carbocycles. The zero-order chi connectivity index (χ0) is 13.5. The highest BCUT2D eigenvalue weighted by Crippen LogP contribution is 2.08. The molecule has 0 spiro atoms. The number of ketones is 1. The molecule has 0 heterocycles. The van der Waals surface area contributed by atoms with Gasteiger partial charge in [-0.3, -0.25) is 4.79 Å². The molecule has 0 radical (unpaired) electrons. The van der Waals surface area contributed by atoms with Gasteiger partial charge in [-0.15, -0.1) is 0 Å².